The van der Waals surface area contributed by atoms with Crippen molar-refractivity contribution in [3.63, 3.8) is 0 Å². The fourth-order valence-corrected chi connectivity index (χ4v) is 2.30. The lowest BCUT2D eigenvalue weighted by molar-refractivity contribution is 0.0784. The van der Waals surface area contributed by atoms with Gasteiger partial charge in [0, 0.05) is 25.0 Å². The van der Waals surface area contributed by atoms with E-state index in [9.17, 15) is 4.79 Å². The zero-order chi connectivity index (χ0) is 13.9. The van der Waals surface area contributed by atoms with Crippen molar-refractivity contribution in [2.75, 3.05) is 7.05 Å². The fraction of sp³-hybridized carbons (Fsp3) is 0.125. The Morgan fingerprint density at radius 1 is 1.20 bits per heavy atom. The number of aromatic nitrogens is 2. The van der Waals surface area contributed by atoms with Gasteiger partial charge in [-0.2, -0.15) is 0 Å². The minimum absolute atomic E-state index is 0.00167. The quantitative estimate of drug-likeness (QED) is 0.791. The summed E-state index contributed by atoms with van der Waals surface area (Å²) in [6, 6.07) is 13.7. The molecule has 1 N–H and O–H groups in total. The van der Waals surface area contributed by atoms with Crippen LogP contribution < -0.4 is 0 Å². The summed E-state index contributed by atoms with van der Waals surface area (Å²) in [7, 11) is 1.78. The molecule has 0 aliphatic carbocycles. The highest BCUT2D eigenvalue weighted by Gasteiger charge is 2.15. The number of fused-ring (bicyclic) bond motifs is 1. The summed E-state index contributed by atoms with van der Waals surface area (Å²) in [5.74, 6) is 0.777. The molecule has 0 spiro atoms. The maximum absolute atomic E-state index is 12.6. The Morgan fingerprint density at radius 2 is 2.00 bits per heavy atom. The molecule has 0 aliphatic rings. The number of hydrogen-bond donors (Lipinski definition) is 1. The third-order valence-electron chi connectivity index (χ3n) is 3.31. The molecule has 0 unspecified atom stereocenters. The molecule has 0 saturated carbocycles. The van der Waals surface area contributed by atoms with E-state index in [1.54, 1.807) is 24.3 Å². The zero-order valence-corrected chi connectivity index (χ0v) is 11.2. The highest BCUT2D eigenvalue weighted by molar-refractivity contribution is 6.06. The molecule has 1 heterocycles. The van der Waals surface area contributed by atoms with Crippen LogP contribution in [-0.4, -0.2) is 27.8 Å². The van der Waals surface area contributed by atoms with Crippen LogP contribution >= 0.6 is 0 Å². The monoisotopic (exact) mass is 265 g/mol. The first-order chi connectivity index (χ1) is 9.75. The summed E-state index contributed by atoms with van der Waals surface area (Å²) in [5.41, 5.74) is 0.720. The van der Waals surface area contributed by atoms with Crippen molar-refractivity contribution in [3.05, 3.63) is 66.2 Å². The second-order valence-corrected chi connectivity index (χ2v) is 4.72. The molecule has 0 fully saturated rings. The number of H-pyrrole nitrogens is 1. The van der Waals surface area contributed by atoms with Crippen molar-refractivity contribution in [3.8, 4) is 0 Å². The molecule has 1 aromatic heterocycles. The first-order valence-electron chi connectivity index (χ1n) is 6.47. The van der Waals surface area contributed by atoms with E-state index in [4.69, 9.17) is 0 Å². The number of carbonyl (C=O) groups excluding carboxylic acids is 1. The smallest absolute Gasteiger partial charge is 0.254 e. The van der Waals surface area contributed by atoms with E-state index in [0.717, 1.165) is 22.2 Å². The van der Waals surface area contributed by atoms with Gasteiger partial charge in [-0.05, 0) is 16.8 Å². The molecule has 0 atom stereocenters. The lowest BCUT2D eigenvalue weighted by atomic mass is 10.0. The third-order valence-corrected chi connectivity index (χ3v) is 3.31. The van der Waals surface area contributed by atoms with Gasteiger partial charge in [-0.3, -0.25) is 4.79 Å². The Balaban J connectivity index is 1.92. The van der Waals surface area contributed by atoms with Crippen molar-refractivity contribution in [2.24, 2.45) is 0 Å². The molecule has 3 rings (SSSR count). The van der Waals surface area contributed by atoms with Gasteiger partial charge in [0.2, 0.25) is 0 Å². The predicted octanol–water partition coefficient (Wildman–Crippen LogP) is 2.84. The second-order valence-electron chi connectivity index (χ2n) is 4.72. The fourth-order valence-electron chi connectivity index (χ4n) is 2.30. The number of benzene rings is 2. The molecule has 0 saturated heterocycles. The number of nitrogens with one attached hydrogen (secondary N) is 1. The van der Waals surface area contributed by atoms with E-state index in [2.05, 4.69) is 9.97 Å². The summed E-state index contributed by atoms with van der Waals surface area (Å²) >= 11 is 0. The Kier molecular flexibility index (Phi) is 3.21. The van der Waals surface area contributed by atoms with Gasteiger partial charge >= 0.3 is 0 Å². The maximum atomic E-state index is 12.6. The van der Waals surface area contributed by atoms with Gasteiger partial charge in [0.25, 0.3) is 5.91 Å². The van der Waals surface area contributed by atoms with E-state index in [1.165, 1.54) is 0 Å². The van der Waals surface area contributed by atoms with Crippen LogP contribution in [0.3, 0.4) is 0 Å². The molecular formula is C16H15N3O. The van der Waals surface area contributed by atoms with Gasteiger partial charge < -0.3 is 9.88 Å². The van der Waals surface area contributed by atoms with Gasteiger partial charge in [0.05, 0.1) is 6.54 Å². The van der Waals surface area contributed by atoms with Crippen LogP contribution in [0.4, 0.5) is 0 Å². The molecule has 4 nitrogen and oxygen atoms in total. The van der Waals surface area contributed by atoms with Crippen molar-refractivity contribution < 1.29 is 4.79 Å². The van der Waals surface area contributed by atoms with Crippen LogP contribution in [0.1, 0.15) is 16.2 Å². The van der Waals surface area contributed by atoms with Crippen molar-refractivity contribution >= 4 is 16.7 Å². The normalized spacial score (nSPS) is 10.7. The first-order valence-corrected chi connectivity index (χ1v) is 6.47. The van der Waals surface area contributed by atoms with E-state index >= 15 is 0 Å². The largest absolute Gasteiger partial charge is 0.347 e. The molecule has 0 bridgehead atoms. The van der Waals surface area contributed by atoms with Gasteiger partial charge in [-0.15, -0.1) is 0 Å². The molecule has 20 heavy (non-hydrogen) atoms. The van der Waals surface area contributed by atoms with Crippen LogP contribution in [0.25, 0.3) is 10.8 Å². The molecular weight excluding hydrogens is 250 g/mol. The average molecular weight is 265 g/mol. The predicted molar refractivity (Wildman–Crippen MR) is 78.3 cm³/mol. The first kappa shape index (κ1) is 12.4. The maximum Gasteiger partial charge on any atom is 0.254 e. The summed E-state index contributed by atoms with van der Waals surface area (Å²) in [6.45, 7) is 0.467. The number of nitrogens with zero attached hydrogens (tertiary/aromatic N) is 2. The average Bonchev–Trinajstić information content (AvgIpc) is 2.99. The standard InChI is InChI=1S/C16H15N3O/c1-19(11-15-17-9-10-18-15)16(20)14-8-4-6-12-5-2-3-7-13(12)14/h2-10H,11H2,1H3,(H,17,18). The lowest BCUT2D eigenvalue weighted by Crippen LogP contribution is -2.26. The highest BCUT2D eigenvalue weighted by Crippen LogP contribution is 2.20. The Labute approximate surface area is 117 Å². The van der Waals surface area contributed by atoms with Crippen LogP contribution in [0, 0.1) is 0 Å². The van der Waals surface area contributed by atoms with Crippen LogP contribution in [0.2, 0.25) is 0 Å². The number of hydrogen-bond acceptors (Lipinski definition) is 2. The van der Waals surface area contributed by atoms with E-state index in [-0.39, 0.29) is 5.91 Å². The van der Waals surface area contributed by atoms with Gasteiger partial charge in [-0.1, -0.05) is 36.4 Å². The molecule has 3 aromatic rings. The van der Waals surface area contributed by atoms with E-state index < -0.39 is 0 Å². The molecule has 100 valence electrons. The number of amides is 1. The second kappa shape index (κ2) is 5.17. The van der Waals surface area contributed by atoms with Crippen LogP contribution in [0.5, 0.6) is 0 Å². The summed E-state index contributed by atoms with van der Waals surface area (Å²) in [4.78, 5) is 21.4. The lowest BCUT2D eigenvalue weighted by Gasteiger charge is -2.17. The van der Waals surface area contributed by atoms with E-state index in [1.807, 2.05) is 42.5 Å². The van der Waals surface area contributed by atoms with Crippen molar-refractivity contribution in [2.45, 2.75) is 6.54 Å². The Bertz CT molecular complexity index is 729. The molecule has 0 radical (unpaired) electrons. The third kappa shape index (κ3) is 2.28. The number of rotatable bonds is 3. The van der Waals surface area contributed by atoms with Crippen molar-refractivity contribution in [1.29, 1.82) is 0 Å². The molecule has 4 heteroatoms. The van der Waals surface area contributed by atoms with Crippen LogP contribution in [0.15, 0.2) is 54.9 Å². The molecule has 2 aromatic carbocycles. The minimum Gasteiger partial charge on any atom is -0.347 e. The molecule has 0 aliphatic heterocycles. The minimum atomic E-state index is -0.00167. The topological polar surface area (TPSA) is 49.0 Å². The van der Waals surface area contributed by atoms with Crippen molar-refractivity contribution in [1.82, 2.24) is 14.9 Å². The van der Waals surface area contributed by atoms with E-state index in [0.29, 0.717) is 6.54 Å². The number of aromatic amines is 1. The van der Waals surface area contributed by atoms with Gasteiger partial charge in [0.1, 0.15) is 5.82 Å². The zero-order valence-electron chi connectivity index (χ0n) is 11.2. The van der Waals surface area contributed by atoms with Gasteiger partial charge in [0.15, 0.2) is 0 Å². The number of imidazole rings is 1. The number of carbonyl (C=O) groups is 1. The van der Waals surface area contributed by atoms with Crippen LogP contribution in [-0.2, 0) is 6.54 Å². The summed E-state index contributed by atoms with van der Waals surface area (Å²) in [5, 5.41) is 2.05. The highest BCUT2D eigenvalue weighted by atomic mass is 16.2. The summed E-state index contributed by atoms with van der Waals surface area (Å²) in [6.07, 6.45) is 3.44. The molecule has 1 amide bonds. The Hall–Kier alpha value is -2.62. The Morgan fingerprint density at radius 3 is 2.80 bits per heavy atom. The van der Waals surface area contributed by atoms with Gasteiger partial charge in [-0.25, -0.2) is 4.98 Å². The summed E-state index contributed by atoms with van der Waals surface area (Å²) < 4.78 is 0. The SMILES string of the molecule is CN(Cc1ncc[nH]1)C(=O)c1cccc2ccccc12.